The lowest BCUT2D eigenvalue weighted by molar-refractivity contribution is 0.221. The number of aromatic nitrogens is 3. The van der Waals surface area contributed by atoms with Gasteiger partial charge in [-0.05, 0) is 20.8 Å². The van der Waals surface area contributed by atoms with Gasteiger partial charge in [-0.1, -0.05) is 0 Å². The third-order valence-electron chi connectivity index (χ3n) is 1.65. The fourth-order valence-corrected chi connectivity index (χ4v) is 1.13. The van der Waals surface area contributed by atoms with Crippen molar-refractivity contribution in [3.05, 3.63) is 0 Å². The van der Waals surface area contributed by atoms with Gasteiger partial charge < -0.3 is 31.3 Å². The molecule has 1 aromatic heterocycles. The van der Waals surface area contributed by atoms with E-state index in [9.17, 15) is 15.3 Å². The van der Waals surface area contributed by atoms with E-state index in [2.05, 4.69) is 30.9 Å². The van der Waals surface area contributed by atoms with Crippen molar-refractivity contribution in [2.24, 2.45) is 0 Å². The second-order valence-electron chi connectivity index (χ2n) is 3.77. The minimum absolute atomic E-state index is 0.117. The minimum atomic E-state index is -0.841. The molecule has 0 aliphatic carbocycles. The summed E-state index contributed by atoms with van der Waals surface area (Å²) < 4.78 is 0. The summed E-state index contributed by atoms with van der Waals surface area (Å²) in [6.45, 7) is 4.52. The lowest BCUT2D eigenvalue weighted by atomic mass is 10.6. The Morgan fingerprint density at radius 2 is 0.889 bits per heavy atom. The van der Waals surface area contributed by atoms with Gasteiger partial charge >= 0.3 is 0 Å². The standard InChI is InChI=1S/C9H18N6O3/c1-4(16)10-7-13-8(11-5(2)17)15-9(14-7)12-6(3)18/h4-6,16-18H,1-3H3,(H3,10,11,12,13,14,15). The van der Waals surface area contributed by atoms with Gasteiger partial charge in [0.15, 0.2) is 0 Å². The van der Waals surface area contributed by atoms with Crippen LogP contribution in [0, 0.1) is 0 Å². The zero-order valence-electron chi connectivity index (χ0n) is 10.4. The first kappa shape index (κ1) is 14.4. The molecular formula is C9H18N6O3. The van der Waals surface area contributed by atoms with E-state index in [1.807, 2.05) is 0 Å². The highest BCUT2D eigenvalue weighted by Gasteiger charge is 2.10. The average Bonchev–Trinajstić information content (AvgIpc) is 2.12. The van der Waals surface area contributed by atoms with Crippen molar-refractivity contribution in [3.63, 3.8) is 0 Å². The number of hydrogen-bond donors (Lipinski definition) is 6. The summed E-state index contributed by atoms with van der Waals surface area (Å²) in [4.78, 5) is 11.8. The molecule has 1 aromatic rings. The summed E-state index contributed by atoms with van der Waals surface area (Å²) in [5.41, 5.74) is 0. The molecule has 3 atom stereocenters. The monoisotopic (exact) mass is 258 g/mol. The van der Waals surface area contributed by atoms with Crippen molar-refractivity contribution in [2.75, 3.05) is 16.0 Å². The van der Waals surface area contributed by atoms with Gasteiger partial charge in [-0.15, -0.1) is 0 Å². The molecule has 0 aliphatic heterocycles. The number of aliphatic hydroxyl groups excluding tert-OH is 3. The van der Waals surface area contributed by atoms with E-state index in [1.165, 1.54) is 20.8 Å². The maximum Gasteiger partial charge on any atom is 0.231 e. The molecule has 18 heavy (non-hydrogen) atoms. The summed E-state index contributed by atoms with van der Waals surface area (Å²) in [5, 5.41) is 35.3. The molecule has 1 rings (SSSR count). The highest BCUT2D eigenvalue weighted by molar-refractivity contribution is 5.42. The maximum atomic E-state index is 9.20. The van der Waals surface area contributed by atoms with Gasteiger partial charge in [0.05, 0.1) is 0 Å². The molecule has 1 heterocycles. The number of nitrogens with one attached hydrogen (secondary N) is 3. The molecule has 102 valence electrons. The van der Waals surface area contributed by atoms with Crippen molar-refractivity contribution in [3.8, 4) is 0 Å². The first-order valence-corrected chi connectivity index (χ1v) is 5.46. The molecule has 3 unspecified atom stereocenters. The zero-order valence-corrected chi connectivity index (χ0v) is 10.4. The van der Waals surface area contributed by atoms with Crippen molar-refractivity contribution in [2.45, 2.75) is 39.5 Å². The molecule has 9 nitrogen and oxygen atoms in total. The molecule has 0 radical (unpaired) electrons. The SMILES string of the molecule is CC(O)Nc1nc(NC(C)O)nc(NC(C)O)n1. The van der Waals surface area contributed by atoms with E-state index >= 15 is 0 Å². The quantitative estimate of drug-likeness (QED) is 0.359. The number of hydrogen-bond acceptors (Lipinski definition) is 9. The Morgan fingerprint density at radius 1 is 0.667 bits per heavy atom. The molecule has 6 N–H and O–H groups in total. The van der Waals surface area contributed by atoms with Crippen LogP contribution in [0.5, 0.6) is 0 Å². The van der Waals surface area contributed by atoms with Gasteiger partial charge in [0, 0.05) is 0 Å². The van der Waals surface area contributed by atoms with Crippen LogP contribution in [0.1, 0.15) is 20.8 Å². The Morgan fingerprint density at radius 3 is 1.06 bits per heavy atom. The molecule has 0 aromatic carbocycles. The van der Waals surface area contributed by atoms with Gasteiger partial charge in [0.25, 0.3) is 0 Å². The van der Waals surface area contributed by atoms with Gasteiger partial charge in [-0.25, -0.2) is 0 Å². The Balaban J connectivity index is 2.95. The Kier molecular flexibility index (Phi) is 5.01. The fourth-order valence-electron chi connectivity index (χ4n) is 1.13. The molecule has 0 saturated heterocycles. The van der Waals surface area contributed by atoms with Crippen molar-refractivity contribution in [1.82, 2.24) is 15.0 Å². The van der Waals surface area contributed by atoms with Crippen LogP contribution >= 0.6 is 0 Å². The first-order chi connectivity index (χ1) is 8.36. The normalized spacial score (nSPS) is 15.7. The molecule has 0 fully saturated rings. The van der Waals surface area contributed by atoms with E-state index in [4.69, 9.17) is 0 Å². The van der Waals surface area contributed by atoms with E-state index in [-0.39, 0.29) is 17.8 Å². The highest BCUT2D eigenvalue weighted by atomic mass is 16.3. The molecule has 0 amide bonds. The van der Waals surface area contributed by atoms with Crippen molar-refractivity contribution < 1.29 is 15.3 Å². The number of anilines is 3. The Bertz CT molecular complexity index is 315. The van der Waals surface area contributed by atoms with E-state index in [1.54, 1.807) is 0 Å². The van der Waals surface area contributed by atoms with Crippen LogP contribution in [-0.2, 0) is 0 Å². The highest BCUT2D eigenvalue weighted by Crippen LogP contribution is 2.11. The summed E-state index contributed by atoms with van der Waals surface area (Å²) >= 11 is 0. The van der Waals surface area contributed by atoms with E-state index in [0.717, 1.165) is 0 Å². The van der Waals surface area contributed by atoms with Crippen LogP contribution in [0.4, 0.5) is 17.8 Å². The number of aliphatic hydroxyl groups is 3. The third kappa shape index (κ3) is 5.08. The van der Waals surface area contributed by atoms with Gasteiger partial charge in [-0.2, -0.15) is 15.0 Å². The second-order valence-corrected chi connectivity index (χ2v) is 3.77. The topological polar surface area (TPSA) is 135 Å². The third-order valence-corrected chi connectivity index (χ3v) is 1.65. The Hall–Kier alpha value is -1.71. The number of rotatable bonds is 6. The largest absolute Gasteiger partial charge is 0.374 e. The van der Waals surface area contributed by atoms with Crippen LogP contribution in [0.3, 0.4) is 0 Å². The summed E-state index contributed by atoms with van der Waals surface area (Å²) in [6.07, 6.45) is -2.52. The van der Waals surface area contributed by atoms with Crippen molar-refractivity contribution in [1.29, 1.82) is 0 Å². The van der Waals surface area contributed by atoms with Crippen LogP contribution in [0.25, 0.3) is 0 Å². The van der Waals surface area contributed by atoms with Crippen LogP contribution in [0.15, 0.2) is 0 Å². The molecule has 0 spiro atoms. The van der Waals surface area contributed by atoms with Crippen LogP contribution < -0.4 is 16.0 Å². The van der Waals surface area contributed by atoms with Gasteiger partial charge in [-0.3, -0.25) is 0 Å². The summed E-state index contributed by atoms with van der Waals surface area (Å²) in [7, 11) is 0. The molecule has 0 bridgehead atoms. The predicted molar refractivity (Wildman–Crippen MR) is 65.7 cm³/mol. The molecular weight excluding hydrogens is 240 g/mol. The predicted octanol–water partition coefficient (Wildman–Crippen LogP) is -0.878. The summed E-state index contributed by atoms with van der Waals surface area (Å²) in [5.74, 6) is 0.351. The second kappa shape index (κ2) is 6.28. The smallest absolute Gasteiger partial charge is 0.231 e. The van der Waals surface area contributed by atoms with E-state index in [0.29, 0.717) is 0 Å². The number of nitrogens with zero attached hydrogens (tertiary/aromatic N) is 3. The lowest BCUT2D eigenvalue weighted by Gasteiger charge is -2.14. The van der Waals surface area contributed by atoms with Gasteiger partial charge in [0.1, 0.15) is 18.7 Å². The van der Waals surface area contributed by atoms with Gasteiger partial charge in [0.2, 0.25) is 17.8 Å². The lowest BCUT2D eigenvalue weighted by Crippen LogP contribution is -2.22. The van der Waals surface area contributed by atoms with E-state index < -0.39 is 18.7 Å². The maximum absolute atomic E-state index is 9.20. The minimum Gasteiger partial charge on any atom is -0.374 e. The summed E-state index contributed by atoms with van der Waals surface area (Å²) in [6, 6.07) is 0. The van der Waals surface area contributed by atoms with Crippen LogP contribution in [-0.4, -0.2) is 49.0 Å². The average molecular weight is 258 g/mol. The fraction of sp³-hybridized carbons (Fsp3) is 0.667. The van der Waals surface area contributed by atoms with Crippen molar-refractivity contribution >= 4 is 17.8 Å². The molecule has 9 heteroatoms. The van der Waals surface area contributed by atoms with Crippen LogP contribution in [0.2, 0.25) is 0 Å². The first-order valence-electron chi connectivity index (χ1n) is 5.46. The molecule has 0 aliphatic rings. The Labute approximate surface area is 104 Å². The zero-order chi connectivity index (χ0) is 13.7. The molecule has 0 saturated carbocycles.